The third-order valence-electron chi connectivity index (χ3n) is 2.96. The van der Waals surface area contributed by atoms with Crippen LogP contribution in [0.4, 0.5) is 5.69 Å². The third kappa shape index (κ3) is 3.23. The van der Waals surface area contributed by atoms with Gasteiger partial charge in [0.2, 0.25) is 5.91 Å². The molecule has 4 nitrogen and oxygen atoms in total. The average molecular weight is 251 g/mol. The summed E-state index contributed by atoms with van der Waals surface area (Å²) in [6.45, 7) is 3.96. The van der Waals surface area contributed by atoms with Gasteiger partial charge in [0.25, 0.3) is 0 Å². The van der Waals surface area contributed by atoms with Crippen LogP contribution in [0.15, 0.2) is 12.1 Å². The Kier molecular flexibility index (Phi) is 5.16. The van der Waals surface area contributed by atoms with Crippen LogP contribution in [0.2, 0.25) is 0 Å². The number of ether oxygens (including phenoxy) is 1. The fourth-order valence-corrected chi connectivity index (χ4v) is 1.99. The number of benzene rings is 1. The van der Waals surface area contributed by atoms with E-state index in [2.05, 4.69) is 0 Å². The highest BCUT2D eigenvalue weighted by molar-refractivity contribution is 5.93. The molecule has 1 aromatic rings. The maximum Gasteiger partial charge on any atom is 0.226 e. The molecule has 18 heavy (non-hydrogen) atoms. The van der Waals surface area contributed by atoms with E-state index in [0.717, 1.165) is 22.6 Å². The van der Waals surface area contributed by atoms with Crippen molar-refractivity contribution in [2.75, 3.05) is 25.7 Å². The van der Waals surface area contributed by atoms with Gasteiger partial charge in [0.15, 0.2) is 0 Å². The lowest BCUT2D eigenvalue weighted by Gasteiger charge is -2.20. The van der Waals surface area contributed by atoms with Gasteiger partial charge in [-0.05, 0) is 43.5 Å². The largest absolute Gasteiger partial charge is 0.496 e. The van der Waals surface area contributed by atoms with Crippen molar-refractivity contribution in [3.05, 3.63) is 23.3 Å². The standard InChI is InChI=1S/C14H21NO3/c1-10-8-12(9-11(2)14(10)18-4)15(3)13(17)6-5-7-16/h8-9,16H,5-7H2,1-4H3. The molecule has 0 unspecified atom stereocenters. The van der Waals surface area contributed by atoms with Crippen molar-refractivity contribution < 1.29 is 14.6 Å². The van der Waals surface area contributed by atoms with Gasteiger partial charge in [0.05, 0.1) is 7.11 Å². The molecule has 0 bridgehead atoms. The molecule has 0 aliphatic heterocycles. The molecule has 0 fully saturated rings. The van der Waals surface area contributed by atoms with Crippen molar-refractivity contribution in [2.24, 2.45) is 0 Å². The predicted molar refractivity (Wildman–Crippen MR) is 72.2 cm³/mol. The van der Waals surface area contributed by atoms with Crippen LogP contribution in [-0.2, 0) is 4.79 Å². The molecule has 0 atom stereocenters. The molecule has 0 heterocycles. The summed E-state index contributed by atoms with van der Waals surface area (Å²) in [6, 6.07) is 3.87. The first kappa shape index (κ1) is 14.5. The Balaban J connectivity index is 2.93. The number of nitrogens with zero attached hydrogens (tertiary/aromatic N) is 1. The highest BCUT2D eigenvalue weighted by atomic mass is 16.5. The summed E-state index contributed by atoms with van der Waals surface area (Å²) in [5, 5.41) is 8.74. The topological polar surface area (TPSA) is 49.8 Å². The first-order valence-corrected chi connectivity index (χ1v) is 6.04. The monoisotopic (exact) mass is 251 g/mol. The molecule has 0 aliphatic rings. The quantitative estimate of drug-likeness (QED) is 0.871. The van der Waals surface area contributed by atoms with E-state index in [-0.39, 0.29) is 12.5 Å². The van der Waals surface area contributed by atoms with E-state index in [4.69, 9.17) is 9.84 Å². The number of hydrogen-bond acceptors (Lipinski definition) is 3. The molecule has 1 amide bonds. The summed E-state index contributed by atoms with van der Waals surface area (Å²) < 4.78 is 5.30. The maximum absolute atomic E-state index is 11.9. The summed E-state index contributed by atoms with van der Waals surface area (Å²) >= 11 is 0. The van der Waals surface area contributed by atoms with Crippen LogP contribution in [0.5, 0.6) is 5.75 Å². The van der Waals surface area contributed by atoms with Gasteiger partial charge >= 0.3 is 0 Å². The Bertz CT molecular complexity index is 406. The molecular formula is C14H21NO3. The Labute approximate surface area is 108 Å². The lowest BCUT2D eigenvalue weighted by molar-refractivity contribution is -0.118. The molecule has 1 aromatic carbocycles. The molecule has 0 aliphatic carbocycles. The maximum atomic E-state index is 11.9. The van der Waals surface area contributed by atoms with E-state index in [1.807, 2.05) is 26.0 Å². The van der Waals surface area contributed by atoms with Crippen LogP contribution in [-0.4, -0.2) is 31.8 Å². The summed E-state index contributed by atoms with van der Waals surface area (Å²) in [5.74, 6) is 0.864. The Morgan fingerprint density at radius 1 is 1.33 bits per heavy atom. The zero-order valence-electron chi connectivity index (χ0n) is 11.5. The number of aliphatic hydroxyl groups is 1. The van der Waals surface area contributed by atoms with E-state index >= 15 is 0 Å². The van der Waals surface area contributed by atoms with Gasteiger partial charge in [-0.2, -0.15) is 0 Å². The highest BCUT2D eigenvalue weighted by Gasteiger charge is 2.13. The number of methoxy groups -OCH3 is 1. The second-order valence-electron chi connectivity index (χ2n) is 4.39. The first-order chi connectivity index (χ1) is 8.51. The zero-order chi connectivity index (χ0) is 13.7. The molecular weight excluding hydrogens is 230 g/mol. The number of carbonyl (C=O) groups is 1. The van der Waals surface area contributed by atoms with Crippen molar-refractivity contribution in [1.82, 2.24) is 0 Å². The molecule has 1 N–H and O–H groups in total. The Morgan fingerprint density at radius 2 is 1.89 bits per heavy atom. The minimum absolute atomic E-state index is 0.00742. The van der Waals surface area contributed by atoms with Gasteiger partial charge in [0.1, 0.15) is 5.75 Å². The smallest absolute Gasteiger partial charge is 0.226 e. The fourth-order valence-electron chi connectivity index (χ4n) is 1.99. The van der Waals surface area contributed by atoms with E-state index in [0.29, 0.717) is 12.8 Å². The molecule has 1 rings (SSSR count). The summed E-state index contributed by atoms with van der Waals surface area (Å²) in [7, 11) is 3.39. The molecule has 0 saturated carbocycles. The lowest BCUT2D eigenvalue weighted by Crippen LogP contribution is -2.26. The number of rotatable bonds is 5. The van der Waals surface area contributed by atoms with E-state index in [1.165, 1.54) is 0 Å². The molecule has 0 spiro atoms. The summed E-state index contributed by atoms with van der Waals surface area (Å²) in [6.07, 6.45) is 0.856. The van der Waals surface area contributed by atoms with Crippen molar-refractivity contribution >= 4 is 11.6 Å². The van der Waals surface area contributed by atoms with Crippen LogP contribution < -0.4 is 9.64 Å². The average Bonchev–Trinajstić information content (AvgIpc) is 2.34. The van der Waals surface area contributed by atoms with E-state index in [9.17, 15) is 4.79 Å². The molecule has 0 radical (unpaired) electrons. The number of amides is 1. The third-order valence-corrected chi connectivity index (χ3v) is 2.96. The number of aliphatic hydroxyl groups excluding tert-OH is 1. The predicted octanol–water partition coefficient (Wildman–Crippen LogP) is 2.05. The second-order valence-corrected chi connectivity index (χ2v) is 4.39. The van der Waals surface area contributed by atoms with Gasteiger partial charge < -0.3 is 14.7 Å². The number of carbonyl (C=O) groups excluding carboxylic acids is 1. The van der Waals surface area contributed by atoms with Gasteiger partial charge in [-0.1, -0.05) is 0 Å². The molecule has 0 saturated heterocycles. The van der Waals surface area contributed by atoms with Crippen molar-refractivity contribution in [1.29, 1.82) is 0 Å². The second kappa shape index (κ2) is 6.40. The van der Waals surface area contributed by atoms with Gasteiger partial charge in [-0.25, -0.2) is 0 Å². The number of hydrogen-bond donors (Lipinski definition) is 1. The summed E-state index contributed by atoms with van der Waals surface area (Å²) in [5.41, 5.74) is 2.87. The molecule has 4 heteroatoms. The molecule has 100 valence electrons. The first-order valence-electron chi connectivity index (χ1n) is 6.04. The van der Waals surface area contributed by atoms with Crippen LogP contribution in [0.1, 0.15) is 24.0 Å². The number of anilines is 1. The van der Waals surface area contributed by atoms with Crippen LogP contribution in [0, 0.1) is 13.8 Å². The minimum Gasteiger partial charge on any atom is -0.496 e. The highest BCUT2D eigenvalue weighted by Crippen LogP contribution is 2.28. The van der Waals surface area contributed by atoms with Crippen LogP contribution >= 0.6 is 0 Å². The fraction of sp³-hybridized carbons (Fsp3) is 0.500. The van der Waals surface area contributed by atoms with Gasteiger partial charge in [0, 0.05) is 25.8 Å². The Hall–Kier alpha value is -1.55. The normalized spacial score (nSPS) is 10.3. The number of aryl methyl sites for hydroxylation is 2. The van der Waals surface area contributed by atoms with Crippen LogP contribution in [0.3, 0.4) is 0 Å². The Morgan fingerprint density at radius 3 is 2.33 bits per heavy atom. The van der Waals surface area contributed by atoms with Gasteiger partial charge in [-0.3, -0.25) is 4.79 Å². The summed E-state index contributed by atoms with van der Waals surface area (Å²) in [4.78, 5) is 13.5. The van der Waals surface area contributed by atoms with E-state index < -0.39 is 0 Å². The van der Waals surface area contributed by atoms with Crippen molar-refractivity contribution in [3.8, 4) is 5.75 Å². The van der Waals surface area contributed by atoms with Crippen molar-refractivity contribution in [3.63, 3.8) is 0 Å². The minimum atomic E-state index is 0.00742. The lowest BCUT2D eigenvalue weighted by atomic mass is 10.1. The van der Waals surface area contributed by atoms with Crippen molar-refractivity contribution in [2.45, 2.75) is 26.7 Å². The zero-order valence-corrected chi connectivity index (χ0v) is 11.5. The van der Waals surface area contributed by atoms with Crippen LogP contribution in [0.25, 0.3) is 0 Å². The molecule has 0 aromatic heterocycles. The van der Waals surface area contributed by atoms with E-state index in [1.54, 1.807) is 19.1 Å². The SMILES string of the molecule is COc1c(C)cc(N(C)C(=O)CCCO)cc1C. The van der Waals surface area contributed by atoms with Gasteiger partial charge in [-0.15, -0.1) is 0 Å².